The largest absolute Gasteiger partial charge is 0.368 e. The number of rotatable bonds is 3. The molecule has 2 aromatic heterocycles. The number of hydrogen-bond donors (Lipinski definition) is 2. The van der Waals surface area contributed by atoms with Crippen LogP contribution in [-0.4, -0.2) is 24.7 Å². The molecule has 0 aliphatic carbocycles. The summed E-state index contributed by atoms with van der Waals surface area (Å²) in [6.45, 7) is 0. The van der Waals surface area contributed by atoms with Crippen molar-refractivity contribution in [1.29, 1.82) is 0 Å². The number of nitrogens with zero attached hydrogens (tertiary/aromatic N) is 5. The maximum absolute atomic E-state index is 13.4. The van der Waals surface area contributed by atoms with Crippen LogP contribution in [0.3, 0.4) is 0 Å². The fourth-order valence-electron chi connectivity index (χ4n) is 1.63. The normalized spacial score (nSPS) is 10.6. The smallest absolute Gasteiger partial charge is 0.257 e. The number of anilines is 3. The van der Waals surface area contributed by atoms with Gasteiger partial charge in [-0.15, -0.1) is 0 Å². The van der Waals surface area contributed by atoms with Crippen molar-refractivity contribution in [2.75, 3.05) is 11.1 Å². The van der Waals surface area contributed by atoms with Crippen LogP contribution in [-0.2, 0) is 0 Å². The molecule has 0 fully saturated rings. The molecule has 9 heteroatoms. The zero-order valence-corrected chi connectivity index (χ0v) is 11.3. The third-order valence-electron chi connectivity index (χ3n) is 2.53. The van der Waals surface area contributed by atoms with Crippen LogP contribution in [0, 0.1) is 5.82 Å². The van der Waals surface area contributed by atoms with Gasteiger partial charge in [0.05, 0.1) is 5.02 Å². The molecule has 21 heavy (non-hydrogen) atoms. The highest BCUT2D eigenvalue weighted by molar-refractivity contribution is 6.30. The summed E-state index contributed by atoms with van der Waals surface area (Å²) < 4.78 is 14.8. The molecule has 0 saturated carbocycles. The third-order valence-corrected chi connectivity index (χ3v) is 2.83. The van der Waals surface area contributed by atoms with Crippen LogP contribution in [0.4, 0.5) is 22.0 Å². The Bertz CT molecular complexity index is 775. The van der Waals surface area contributed by atoms with Gasteiger partial charge in [-0.2, -0.15) is 20.1 Å². The van der Waals surface area contributed by atoms with Crippen LogP contribution in [0.2, 0.25) is 5.02 Å². The van der Waals surface area contributed by atoms with E-state index in [0.717, 1.165) is 0 Å². The summed E-state index contributed by atoms with van der Waals surface area (Å²) in [7, 11) is 0. The fraction of sp³-hybridized carbons (Fsp3) is 0. The van der Waals surface area contributed by atoms with Gasteiger partial charge in [-0.3, -0.25) is 0 Å². The zero-order chi connectivity index (χ0) is 14.8. The molecule has 1 aromatic carbocycles. The highest BCUT2D eigenvalue weighted by Crippen LogP contribution is 2.21. The van der Waals surface area contributed by atoms with E-state index < -0.39 is 5.82 Å². The lowest BCUT2D eigenvalue weighted by Crippen LogP contribution is -2.09. The molecule has 3 N–H and O–H groups in total. The zero-order valence-electron chi connectivity index (χ0n) is 10.5. The second-order valence-electron chi connectivity index (χ2n) is 4.02. The van der Waals surface area contributed by atoms with E-state index in [1.807, 2.05) is 0 Å². The van der Waals surface area contributed by atoms with E-state index in [0.29, 0.717) is 5.69 Å². The van der Waals surface area contributed by atoms with Gasteiger partial charge in [0.25, 0.3) is 5.95 Å². The Morgan fingerprint density at radius 2 is 2.10 bits per heavy atom. The van der Waals surface area contributed by atoms with Crippen molar-refractivity contribution >= 4 is 29.2 Å². The topological polar surface area (TPSA) is 94.5 Å². The van der Waals surface area contributed by atoms with Gasteiger partial charge >= 0.3 is 0 Å². The Balaban J connectivity index is 1.93. The van der Waals surface area contributed by atoms with Crippen LogP contribution in [0.25, 0.3) is 5.95 Å². The molecule has 0 bridgehead atoms. The fourth-order valence-corrected chi connectivity index (χ4v) is 1.75. The number of aromatic nitrogens is 5. The lowest BCUT2D eigenvalue weighted by atomic mass is 10.3. The quantitative estimate of drug-likeness (QED) is 0.770. The summed E-state index contributed by atoms with van der Waals surface area (Å²) in [5.74, 6) is -0.0948. The third kappa shape index (κ3) is 2.90. The number of halogens is 2. The van der Waals surface area contributed by atoms with Crippen molar-refractivity contribution in [2.45, 2.75) is 0 Å². The number of hydrogen-bond acceptors (Lipinski definition) is 6. The Kier molecular flexibility index (Phi) is 3.36. The minimum absolute atomic E-state index is 0.0208. The molecule has 0 spiro atoms. The van der Waals surface area contributed by atoms with Gasteiger partial charge in [0.1, 0.15) is 5.82 Å². The second-order valence-corrected chi connectivity index (χ2v) is 4.43. The maximum atomic E-state index is 13.4. The van der Waals surface area contributed by atoms with E-state index in [9.17, 15) is 4.39 Å². The van der Waals surface area contributed by atoms with Crippen molar-refractivity contribution in [3.63, 3.8) is 0 Å². The molecule has 0 saturated heterocycles. The van der Waals surface area contributed by atoms with Gasteiger partial charge in [0, 0.05) is 18.1 Å². The van der Waals surface area contributed by atoms with Crippen molar-refractivity contribution in [3.8, 4) is 5.95 Å². The summed E-state index contributed by atoms with van der Waals surface area (Å²) in [6.07, 6.45) is 3.25. The standard InChI is InChI=1S/C12H9ClFN7/c13-8-3-2-7(6-9(8)14)17-11-18-10(15)19-12(20-11)21-5-1-4-16-21/h1-6H,(H3,15,17,18,19,20). The van der Waals surface area contributed by atoms with Crippen LogP contribution in [0.1, 0.15) is 0 Å². The Labute approximate surface area is 123 Å². The van der Waals surface area contributed by atoms with Gasteiger partial charge in [-0.25, -0.2) is 9.07 Å². The van der Waals surface area contributed by atoms with E-state index in [-0.39, 0.29) is 22.9 Å². The predicted octanol–water partition coefficient (Wildman–Crippen LogP) is 2.18. The molecule has 0 aliphatic rings. The summed E-state index contributed by atoms with van der Waals surface area (Å²) in [4.78, 5) is 12.1. The monoisotopic (exact) mass is 305 g/mol. The summed E-state index contributed by atoms with van der Waals surface area (Å²) in [5, 5.41) is 6.87. The Hall–Kier alpha value is -2.74. The van der Waals surface area contributed by atoms with Gasteiger partial charge in [0.15, 0.2) is 0 Å². The minimum Gasteiger partial charge on any atom is -0.368 e. The predicted molar refractivity (Wildman–Crippen MR) is 76.1 cm³/mol. The maximum Gasteiger partial charge on any atom is 0.257 e. The highest BCUT2D eigenvalue weighted by atomic mass is 35.5. The van der Waals surface area contributed by atoms with E-state index in [1.165, 1.54) is 16.8 Å². The van der Waals surface area contributed by atoms with E-state index in [2.05, 4.69) is 25.4 Å². The number of nitrogen functional groups attached to an aromatic ring is 1. The number of nitrogens with two attached hydrogens (primary N) is 1. The van der Waals surface area contributed by atoms with E-state index >= 15 is 0 Å². The first-order chi connectivity index (χ1) is 10.1. The Morgan fingerprint density at radius 3 is 2.81 bits per heavy atom. The van der Waals surface area contributed by atoms with Crippen LogP contribution in [0.15, 0.2) is 36.7 Å². The van der Waals surface area contributed by atoms with Crippen molar-refractivity contribution in [2.24, 2.45) is 0 Å². The Morgan fingerprint density at radius 1 is 1.24 bits per heavy atom. The van der Waals surface area contributed by atoms with Gasteiger partial charge in [0.2, 0.25) is 11.9 Å². The number of nitrogens with one attached hydrogen (secondary N) is 1. The van der Waals surface area contributed by atoms with Crippen molar-refractivity contribution in [3.05, 3.63) is 47.5 Å². The van der Waals surface area contributed by atoms with E-state index in [1.54, 1.807) is 24.5 Å². The van der Waals surface area contributed by atoms with Crippen molar-refractivity contribution in [1.82, 2.24) is 24.7 Å². The highest BCUT2D eigenvalue weighted by Gasteiger charge is 2.08. The SMILES string of the molecule is Nc1nc(Nc2ccc(Cl)c(F)c2)nc(-n2cccn2)n1. The minimum atomic E-state index is -0.545. The molecule has 2 heterocycles. The van der Waals surface area contributed by atoms with Crippen LogP contribution < -0.4 is 11.1 Å². The molecule has 0 aliphatic heterocycles. The lowest BCUT2D eigenvalue weighted by molar-refractivity contribution is 0.629. The van der Waals surface area contributed by atoms with Gasteiger partial charge in [-0.1, -0.05) is 11.6 Å². The molecule has 0 unspecified atom stereocenters. The first-order valence-corrected chi connectivity index (χ1v) is 6.23. The summed E-state index contributed by atoms with van der Waals surface area (Å²) >= 11 is 5.63. The van der Waals surface area contributed by atoms with E-state index in [4.69, 9.17) is 17.3 Å². The first kappa shape index (κ1) is 13.3. The molecule has 0 radical (unpaired) electrons. The summed E-state index contributed by atoms with van der Waals surface area (Å²) in [5.41, 5.74) is 6.07. The molecule has 0 atom stereocenters. The molecular weight excluding hydrogens is 297 g/mol. The molecule has 3 rings (SSSR count). The molecule has 106 valence electrons. The second kappa shape index (κ2) is 5.33. The molecule has 3 aromatic rings. The molecule has 7 nitrogen and oxygen atoms in total. The average molecular weight is 306 g/mol. The molecular formula is C12H9ClFN7. The van der Waals surface area contributed by atoms with Crippen LogP contribution in [0.5, 0.6) is 0 Å². The lowest BCUT2D eigenvalue weighted by Gasteiger charge is -2.07. The molecule has 0 amide bonds. The van der Waals surface area contributed by atoms with Crippen LogP contribution >= 0.6 is 11.6 Å². The van der Waals surface area contributed by atoms with Gasteiger partial charge in [-0.05, 0) is 24.3 Å². The van der Waals surface area contributed by atoms with Gasteiger partial charge < -0.3 is 11.1 Å². The summed E-state index contributed by atoms with van der Waals surface area (Å²) in [6, 6.07) is 5.98. The first-order valence-electron chi connectivity index (χ1n) is 5.85. The average Bonchev–Trinajstić information content (AvgIpc) is 2.96. The number of benzene rings is 1. The van der Waals surface area contributed by atoms with Crippen molar-refractivity contribution < 1.29 is 4.39 Å².